The van der Waals surface area contributed by atoms with Crippen molar-refractivity contribution in [2.45, 2.75) is 18.7 Å². The van der Waals surface area contributed by atoms with Crippen molar-refractivity contribution in [2.24, 2.45) is 0 Å². The van der Waals surface area contributed by atoms with E-state index in [0.717, 1.165) is 0 Å². The number of rotatable bonds is 9. The molecule has 0 aromatic heterocycles. The Balaban J connectivity index is 3.20. The minimum atomic E-state index is -3.97. The van der Waals surface area contributed by atoms with Gasteiger partial charge in [0.15, 0.2) is 4.91 Å². The van der Waals surface area contributed by atoms with Gasteiger partial charge in [0.2, 0.25) is 9.84 Å². The molecule has 0 unspecified atom stereocenters. The fraction of sp³-hybridized carbons (Fsp3) is 0.353. The molecular formula is C17H23NO5S. The van der Waals surface area contributed by atoms with Gasteiger partial charge in [0.1, 0.15) is 0 Å². The summed E-state index contributed by atoms with van der Waals surface area (Å²) in [5.74, 6) is -0.892. The lowest BCUT2D eigenvalue weighted by molar-refractivity contribution is -0.137. The fourth-order valence-electron chi connectivity index (χ4n) is 1.91. The molecule has 0 heterocycles. The van der Waals surface area contributed by atoms with E-state index in [1.165, 1.54) is 24.3 Å². The van der Waals surface area contributed by atoms with Crippen LogP contribution in [0.4, 0.5) is 0 Å². The van der Waals surface area contributed by atoms with Crippen molar-refractivity contribution >= 4 is 15.8 Å². The molecule has 1 aromatic carbocycles. The number of carbonyl (C=O) groups is 1. The summed E-state index contributed by atoms with van der Waals surface area (Å²) in [6.07, 6.45) is 4.31. The van der Waals surface area contributed by atoms with E-state index in [1.54, 1.807) is 36.2 Å². The molecular weight excluding hydrogens is 330 g/mol. The lowest BCUT2D eigenvalue weighted by Gasteiger charge is -2.15. The first-order valence-corrected chi connectivity index (χ1v) is 9.16. The molecule has 7 heteroatoms. The summed E-state index contributed by atoms with van der Waals surface area (Å²) in [7, 11) is -3.97. The van der Waals surface area contributed by atoms with Crippen LogP contribution in [0, 0.1) is 0 Å². The van der Waals surface area contributed by atoms with Gasteiger partial charge in [-0.1, -0.05) is 18.2 Å². The maximum atomic E-state index is 12.7. The third-order valence-corrected chi connectivity index (χ3v) is 4.93. The Morgan fingerprint density at radius 2 is 1.92 bits per heavy atom. The molecule has 0 fully saturated rings. The van der Waals surface area contributed by atoms with Crippen LogP contribution in [0.2, 0.25) is 0 Å². The number of sulfone groups is 1. The number of allylic oxidation sites excluding steroid dienone is 2. The number of nitrogens with zero attached hydrogens (tertiary/aromatic N) is 1. The van der Waals surface area contributed by atoms with E-state index in [1.807, 2.05) is 6.92 Å². The summed E-state index contributed by atoms with van der Waals surface area (Å²) in [6, 6.07) is 7.73. The van der Waals surface area contributed by atoms with Crippen molar-refractivity contribution in [3.63, 3.8) is 0 Å². The largest absolute Gasteiger partial charge is 0.462 e. The third-order valence-electron chi connectivity index (χ3n) is 3.16. The highest BCUT2D eigenvalue weighted by atomic mass is 32.2. The monoisotopic (exact) mass is 353 g/mol. The average molecular weight is 353 g/mol. The van der Waals surface area contributed by atoms with Crippen LogP contribution < -0.4 is 0 Å². The average Bonchev–Trinajstić information content (AvgIpc) is 2.58. The number of carbonyl (C=O) groups excluding carboxylic acids is 1. The van der Waals surface area contributed by atoms with E-state index in [0.29, 0.717) is 13.1 Å². The Morgan fingerprint density at radius 3 is 2.46 bits per heavy atom. The molecule has 0 aliphatic carbocycles. The van der Waals surface area contributed by atoms with Gasteiger partial charge in [-0.3, -0.25) is 0 Å². The molecule has 0 spiro atoms. The number of hydrogen-bond donors (Lipinski definition) is 1. The van der Waals surface area contributed by atoms with Crippen LogP contribution in [0.25, 0.3) is 0 Å². The summed E-state index contributed by atoms with van der Waals surface area (Å²) in [5, 5.41) is 8.95. The maximum absolute atomic E-state index is 12.7. The van der Waals surface area contributed by atoms with Crippen molar-refractivity contribution in [1.82, 2.24) is 4.90 Å². The van der Waals surface area contributed by atoms with Crippen LogP contribution in [-0.4, -0.2) is 50.7 Å². The number of esters is 1. The first-order chi connectivity index (χ1) is 11.5. The smallest absolute Gasteiger partial charge is 0.350 e. The molecule has 0 aliphatic rings. The zero-order valence-corrected chi connectivity index (χ0v) is 14.7. The minimum Gasteiger partial charge on any atom is -0.462 e. The quantitative estimate of drug-likeness (QED) is 0.414. The standard InChI is InChI=1S/C17H23NO5S/c1-3-18(13-14-19)12-8-11-16(17(20)23-4-2)24(21,22)15-9-6-5-7-10-15/h5-12,19H,3-4,13-14H2,1-2H3. The Labute approximate surface area is 143 Å². The number of aliphatic hydroxyl groups excluding tert-OH is 1. The van der Waals surface area contributed by atoms with Gasteiger partial charge in [-0.05, 0) is 44.3 Å². The molecule has 6 nitrogen and oxygen atoms in total. The second-order valence-electron chi connectivity index (χ2n) is 4.76. The predicted molar refractivity (Wildman–Crippen MR) is 91.8 cm³/mol. The van der Waals surface area contributed by atoms with Gasteiger partial charge in [-0.25, -0.2) is 13.2 Å². The van der Waals surface area contributed by atoms with E-state index < -0.39 is 20.7 Å². The van der Waals surface area contributed by atoms with Crippen LogP contribution >= 0.6 is 0 Å². The van der Waals surface area contributed by atoms with Crippen molar-refractivity contribution in [3.05, 3.63) is 53.6 Å². The van der Waals surface area contributed by atoms with Crippen molar-refractivity contribution < 1.29 is 23.1 Å². The normalized spacial score (nSPS) is 12.4. The molecule has 0 amide bonds. The Hall–Kier alpha value is -2.12. The van der Waals surface area contributed by atoms with Gasteiger partial charge < -0.3 is 14.7 Å². The van der Waals surface area contributed by atoms with Gasteiger partial charge in [-0.2, -0.15) is 0 Å². The molecule has 0 saturated heterocycles. The SMILES string of the molecule is CCOC(=O)C(=CC=CN(CC)CCO)S(=O)(=O)c1ccccc1. The molecule has 0 aliphatic heterocycles. The number of ether oxygens (including phenoxy) is 1. The van der Waals surface area contributed by atoms with Gasteiger partial charge in [0, 0.05) is 13.1 Å². The molecule has 0 radical (unpaired) electrons. The second-order valence-corrected chi connectivity index (χ2v) is 6.68. The van der Waals surface area contributed by atoms with Crippen LogP contribution in [0.3, 0.4) is 0 Å². The van der Waals surface area contributed by atoms with Crippen LogP contribution in [0.15, 0.2) is 58.5 Å². The maximum Gasteiger partial charge on any atom is 0.350 e. The summed E-state index contributed by atoms with van der Waals surface area (Å²) in [5.41, 5.74) is 0. The molecule has 132 valence electrons. The number of aliphatic hydroxyl groups is 1. The second kappa shape index (κ2) is 9.89. The van der Waals surface area contributed by atoms with Crippen molar-refractivity contribution in [2.75, 3.05) is 26.3 Å². The molecule has 1 aromatic rings. The lowest BCUT2D eigenvalue weighted by Crippen LogP contribution is -2.20. The van der Waals surface area contributed by atoms with Gasteiger partial charge in [0.05, 0.1) is 18.1 Å². The zero-order valence-electron chi connectivity index (χ0n) is 13.9. The number of hydrogen-bond acceptors (Lipinski definition) is 6. The fourth-order valence-corrected chi connectivity index (χ4v) is 3.22. The van der Waals surface area contributed by atoms with Crippen LogP contribution in [0.5, 0.6) is 0 Å². The van der Waals surface area contributed by atoms with Crippen molar-refractivity contribution in [1.29, 1.82) is 0 Å². The number of benzene rings is 1. The highest BCUT2D eigenvalue weighted by Crippen LogP contribution is 2.20. The van der Waals surface area contributed by atoms with E-state index in [-0.39, 0.29) is 18.1 Å². The van der Waals surface area contributed by atoms with E-state index in [4.69, 9.17) is 9.84 Å². The molecule has 0 atom stereocenters. The Kier molecular flexibility index (Phi) is 8.21. The highest BCUT2D eigenvalue weighted by Gasteiger charge is 2.27. The minimum absolute atomic E-state index is 0.0189. The molecule has 24 heavy (non-hydrogen) atoms. The van der Waals surface area contributed by atoms with Crippen LogP contribution in [-0.2, 0) is 19.4 Å². The summed E-state index contributed by atoms with van der Waals surface area (Å²) >= 11 is 0. The van der Waals surface area contributed by atoms with Crippen LogP contribution in [0.1, 0.15) is 13.8 Å². The summed E-state index contributed by atoms with van der Waals surface area (Å²) < 4.78 is 30.2. The van der Waals surface area contributed by atoms with Gasteiger partial charge >= 0.3 is 5.97 Å². The molecule has 1 N–H and O–H groups in total. The Bertz CT molecular complexity index is 680. The van der Waals surface area contributed by atoms with E-state index in [2.05, 4.69) is 0 Å². The summed E-state index contributed by atoms with van der Waals surface area (Å²) in [4.78, 5) is 13.5. The van der Waals surface area contributed by atoms with Gasteiger partial charge in [-0.15, -0.1) is 0 Å². The highest BCUT2D eigenvalue weighted by molar-refractivity contribution is 7.96. The third kappa shape index (κ3) is 5.50. The number of likely N-dealkylation sites (N-methyl/N-ethyl adjacent to an activating group) is 1. The molecule has 0 bridgehead atoms. The van der Waals surface area contributed by atoms with E-state index in [9.17, 15) is 13.2 Å². The predicted octanol–water partition coefficient (Wildman–Crippen LogP) is 1.74. The van der Waals surface area contributed by atoms with Crippen molar-refractivity contribution in [3.8, 4) is 0 Å². The first-order valence-electron chi connectivity index (χ1n) is 7.68. The molecule has 1 rings (SSSR count). The van der Waals surface area contributed by atoms with Gasteiger partial charge in [0.25, 0.3) is 0 Å². The van der Waals surface area contributed by atoms with E-state index >= 15 is 0 Å². The molecule has 0 saturated carbocycles. The first kappa shape index (κ1) is 19.9. The Morgan fingerprint density at radius 1 is 1.25 bits per heavy atom. The summed E-state index contributed by atoms with van der Waals surface area (Å²) in [6.45, 7) is 4.63. The topological polar surface area (TPSA) is 83.9 Å². The zero-order chi connectivity index (χ0) is 18.0. The lowest BCUT2D eigenvalue weighted by atomic mass is 10.4.